The molecule has 0 aromatic carbocycles. The highest BCUT2D eigenvalue weighted by atomic mass is 16.6. The van der Waals surface area contributed by atoms with E-state index in [1.165, 1.54) is 0 Å². The fourth-order valence-electron chi connectivity index (χ4n) is 2.13. The normalized spacial score (nSPS) is 10.8. The average Bonchev–Trinajstić information content (AvgIpc) is 2.66. The first-order valence-corrected chi connectivity index (χ1v) is 10.0. The molecule has 0 atom stereocenters. The Balaban J connectivity index is 4.35. The van der Waals surface area contributed by atoms with Crippen LogP contribution in [-0.2, 0) is 43.0 Å². The van der Waals surface area contributed by atoms with Crippen LogP contribution in [0.2, 0.25) is 0 Å². The summed E-state index contributed by atoms with van der Waals surface area (Å²) in [5, 5.41) is 4.54. The third kappa shape index (κ3) is 13.8. The second-order valence-corrected chi connectivity index (χ2v) is 7.41. The summed E-state index contributed by atoms with van der Waals surface area (Å²) < 4.78 is 14.5. The predicted molar refractivity (Wildman–Crippen MR) is 108 cm³/mol. The lowest BCUT2D eigenvalue weighted by molar-refractivity contribution is -0.159. The summed E-state index contributed by atoms with van der Waals surface area (Å²) in [6.07, 6.45) is -0.787. The van der Waals surface area contributed by atoms with Crippen molar-refractivity contribution in [1.29, 1.82) is 0 Å². The molecule has 0 aliphatic carbocycles. The van der Waals surface area contributed by atoms with E-state index in [4.69, 9.17) is 14.2 Å². The van der Waals surface area contributed by atoms with Gasteiger partial charge in [0.25, 0.3) is 0 Å². The molecule has 0 aliphatic heterocycles. The van der Waals surface area contributed by atoms with Crippen LogP contribution in [0.3, 0.4) is 0 Å². The number of ether oxygens (including phenoxy) is 3. The van der Waals surface area contributed by atoms with Crippen LogP contribution in [0.1, 0.15) is 60.3 Å². The molecular formula is C20H32N2O9. The monoisotopic (exact) mass is 444 g/mol. The SMILES string of the molecule is CCOC(=O)C(NC(=O)CCC(=O)CNC(=O)CCC(=O)OC(C)(C)C)C(=O)OCC. The largest absolute Gasteiger partial charge is 0.464 e. The van der Waals surface area contributed by atoms with Gasteiger partial charge in [-0.1, -0.05) is 0 Å². The molecule has 0 spiro atoms. The van der Waals surface area contributed by atoms with Gasteiger partial charge in [-0.2, -0.15) is 0 Å². The molecule has 0 aromatic rings. The number of amides is 2. The molecule has 0 radical (unpaired) electrons. The van der Waals surface area contributed by atoms with Crippen LogP contribution in [0.4, 0.5) is 0 Å². The fourth-order valence-corrected chi connectivity index (χ4v) is 2.13. The maximum Gasteiger partial charge on any atom is 0.340 e. The Hall–Kier alpha value is -2.98. The van der Waals surface area contributed by atoms with E-state index in [-0.39, 0.29) is 45.4 Å². The van der Waals surface area contributed by atoms with Gasteiger partial charge in [-0.15, -0.1) is 0 Å². The molecule has 31 heavy (non-hydrogen) atoms. The van der Waals surface area contributed by atoms with E-state index in [1.807, 2.05) is 0 Å². The van der Waals surface area contributed by atoms with Crippen LogP contribution in [0, 0.1) is 0 Å². The van der Waals surface area contributed by atoms with Gasteiger partial charge in [0.15, 0.2) is 5.78 Å². The lowest BCUT2D eigenvalue weighted by Gasteiger charge is -2.19. The Morgan fingerprint density at radius 2 is 1.29 bits per heavy atom. The molecule has 0 unspecified atom stereocenters. The lowest BCUT2D eigenvalue weighted by Crippen LogP contribution is -2.48. The van der Waals surface area contributed by atoms with Crippen molar-refractivity contribution in [1.82, 2.24) is 10.6 Å². The van der Waals surface area contributed by atoms with E-state index >= 15 is 0 Å². The standard InChI is InChI=1S/C20H32N2O9/c1-6-29-18(27)17(19(28)30-7-2)22-15(25)9-8-13(23)12-21-14(24)10-11-16(26)31-20(3,4)5/h17H,6-12H2,1-5H3,(H,21,24)(H,22,25). The zero-order valence-corrected chi connectivity index (χ0v) is 18.7. The maximum absolute atomic E-state index is 12.0. The second-order valence-electron chi connectivity index (χ2n) is 7.41. The van der Waals surface area contributed by atoms with Crippen molar-refractivity contribution in [3.8, 4) is 0 Å². The fraction of sp³-hybridized carbons (Fsp3) is 0.700. The molecule has 176 valence electrons. The molecule has 0 rings (SSSR count). The minimum atomic E-state index is -1.62. The van der Waals surface area contributed by atoms with E-state index in [1.54, 1.807) is 34.6 Å². The minimum Gasteiger partial charge on any atom is -0.464 e. The zero-order chi connectivity index (χ0) is 24.0. The summed E-state index contributed by atoms with van der Waals surface area (Å²) in [5.41, 5.74) is -0.649. The molecule has 11 nitrogen and oxygen atoms in total. The van der Waals surface area contributed by atoms with Crippen molar-refractivity contribution in [2.24, 2.45) is 0 Å². The summed E-state index contributed by atoms with van der Waals surface area (Å²) in [6, 6.07) is -1.62. The number of Topliss-reactive ketones (excluding diaryl/α,β-unsaturated/α-hetero) is 1. The first kappa shape index (κ1) is 28.0. The van der Waals surface area contributed by atoms with Crippen LogP contribution in [-0.4, -0.2) is 66.9 Å². The van der Waals surface area contributed by atoms with Gasteiger partial charge in [0.05, 0.1) is 26.2 Å². The van der Waals surface area contributed by atoms with Gasteiger partial charge in [0, 0.05) is 19.3 Å². The van der Waals surface area contributed by atoms with Crippen molar-refractivity contribution in [3.63, 3.8) is 0 Å². The zero-order valence-electron chi connectivity index (χ0n) is 18.7. The van der Waals surface area contributed by atoms with Crippen LogP contribution in [0.15, 0.2) is 0 Å². The quantitative estimate of drug-likeness (QED) is 0.230. The number of hydrogen-bond donors (Lipinski definition) is 2. The molecule has 2 amide bonds. The van der Waals surface area contributed by atoms with E-state index in [0.29, 0.717) is 0 Å². The van der Waals surface area contributed by atoms with Gasteiger partial charge < -0.3 is 24.8 Å². The molecule has 11 heteroatoms. The second kappa shape index (κ2) is 14.1. The van der Waals surface area contributed by atoms with Gasteiger partial charge in [0.2, 0.25) is 17.9 Å². The number of carbonyl (C=O) groups is 6. The number of hydrogen-bond acceptors (Lipinski definition) is 9. The van der Waals surface area contributed by atoms with Gasteiger partial charge in [-0.05, 0) is 34.6 Å². The Labute approximate surface area is 181 Å². The van der Waals surface area contributed by atoms with Crippen molar-refractivity contribution >= 4 is 35.5 Å². The Bertz CT molecular complexity index is 650. The first-order chi connectivity index (χ1) is 14.4. The number of carbonyl (C=O) groups excluding carboxylic acids is 6. The topological polar surface area (TPSA) is 154 Å². The number of esters is 3. The van der Waals surface area contributed by atoms with Gasteiger partial charge in [0.1, 0.15) is 5.60 Å². The molecule has 0 heterocycles. The number of nitrogens with one attached hydrogen (secondary N) is 2. The maximum atomic E-state index is 12.0. The Kier molecular flexibility index (Phi) is 12.7. The molecule has 0 bridgehead atoms. The summed E-state index contributed by atoms with van der Waals surface area (Å²) >= 11 is 0. The first-order valence-electron chi connectivity index (χ1n) is 10.0. The molecular weight excluding hydrogens is 412 g/mol. The molecule has 0 aliphatic rings. The molecule has 0 fully saturated rings. The highest BCUT2D eigenvalue weighted by Gasteiger charge is 2.31. The van der Waals surface area contributed by atoms with Crippen LogP contribution in [0.5, 0.6) is 0 Å². The van der Waals surface area contributed by atoms with Gasteiger partial charge in [-0.25, -0.2) is 9.59 Å². The van der Waals surface area contributed by atoms with Crippen LogP contribution < -0.4 is 10.6 Å². The van der Waals surface area contributed by atoms with Crippen molar-refractivity contribution in [3.05, 3.63) is 0 Å². The summed E-state index contributed by atoms with van der Waals surface area (Å²) in [6.45, 7) is 7.92. The van der Waals surface area contributed by atoms with E-state index < -0.39 is 47.1 Å². The highest BCUT2D eigenvalue weighted by Crippen LogP contribution is 2.09. The Morgan fingerprint density at radius 1 is 0.774 bits per heavy atom. The predicted octanol–water partition coefficient (Wildman–Crippen LogP) is 0.185. The summed E-state index contributed by atoms with van der Waals surface area (Å²) in [5.74, 6) is -4.12. The Morgan fingerprint density at radius 3 is 1.77 bits per heavy atom. The minimum absolute atomic E-state index is 0.0106. The van der Waals surface area contributed by atoms with E-state index in [2.05, 4.69) is 10.6 Å². The number of rotatable bonds is 13. The molecule has 0 saturated carbocycles. The lowest BCUT2D eigenvalue weighted by atomic mass is 10.2. The highest BCUT2D eigenvalue weighted by molar-refractivity contribution is 6.02. The average molecular weight is 444 g/mol. The van der Waals surface area contributed by atoms with Crippen molar-refractivity contribution in [2.75, 3.05) is 19.8 Å². The summed E-state index contributed by atoms with van der Waals surface area (Å²) in [4.78, 5) is 70.8. The molecule has 2 N–H and O–H groups in total. The molecule has 0 saturated heterocycles. The van der Waals surface area contributed by atoms with Crippen molar-refractivity contribution < 1.29 is 43.0 Å². The summed E-state index contributed by atoms with van der Waals surface area (Å²) in [7, 11) is 0. The van der Waals surface area contributed by atoms with Crippen LogP contribution in [0.25, 0.3) is 0 Å². The van der Waals surface area contributed by atoms with Gasteiger partial charge in [-0.3, -0.25) is 19.2 Å². The van der Waals surface area contributed by atoms with E-state index in [0.717, 1.165) is 0 Å². The number of ketones is 1. The smallest absolute Gasteiger partial charge is 0.340 e. The third-order valence-electron chi connectivity index (χ3n) is 3.44. The van der Waals surface area contributed by atoms with E-state index in [9.17, 15) is 28.8 Å². The van der Waals surface area contributed by atoms with Crippen molar-refractivity contribution in [2.45, 2.75) is 71.9 Å². The van der Waals surface area contributed by atoms with Crippen LogP contribution >= 0.6 is 0 Å². The third-order valence-corrected chi connectivity index (χ3v) is 3.44. The molecule has 0 aromatic heterocycles. The van der Waals surface area contributed by atoms with Gasteiger partial charge >= 0.3 is 17.9 Å².